The Bertz CT molecular complexity index is 227. The van der Waals surface area contributed by atoms with Crippen molar-refractivity contribution >= 4 is 0 Å². The standard InChI is InChI=1S/C14H28N2/c1-10-5-4-6-14(11(10)2)16-8-7-13(9-16)12(3)15/h10-14H,4-9,15H2,1-3H3. The summed E-state index contributed by atoms with van der Waals surface area (Å²) in [6, 6.07) is 1.22. The van der Waals surface area contributed by atoms with E-state index in [1.807, 2.05) is 0 Å². The summed E-state index contributed by atoms with van der Waals surface area (Å²) in [5, 5.41) is 0. The molecular weight excluding hydrogens is 196 g/mol. The number of nitrogens with two attached hydrogens (primary N) is 1. The third-order valence-corrected chi connectivity index (χ3v) is 5.13. The summed E-state index contributed by atoms with van der Waals surface area (Å²) in [5.41, 5.74) is 6.02. The molecule has 94 valence electrons. The van der Waals surface area contributed by atoms with Gasteiger partial charge in [0, 0.05) is 18.6 Å². The molecular formula is C14H28N2. The van der Waals surface area contributed by atoms with Gasteiger partial charge in [-0.2, -0.15) is 0 Å². The summed E-state index contributed by atoms with van der Waals surface area (Å²) < 4.78 is 0. The van der Waals surface area contributed by atoms with Crippen molar-refractivity contribution in [2.24, 2.45) is 23.5 Å². The maximum atomic E-state index is 6.02. The number of nitrogens with zero attached hydrogens (tertiary/aromatic N) is 1. The lowest BCUT2D eigenvalue weighted by Gasteiger charge is -2.40. The van der Waals surface area contributed by atoms with E-state index >= 15 is 0 Å². The van der Waals surface area contributed by atoms with Crippen molar-refractivity contribution in [2.45, 2.75) is 58.5 Å². The molecule has 0 spiro atoms. The van der Waals surface area contributed by atoms with Crippen molar-refractivity contribution in [3.05, 3.63) is 0 Å². The summed E-state index contributed by atoms with van der Waals surface area (Å²) >= 11 is 0. The van der Waals surface area contributed by atoms with E-state index in [2.05, 4.69) is 25.7 Å². The first-order valence-corrected chi connectivity index (χ1v) is 7.09. The minimum atomic E-state index is 0.376. The summed E-state index contributed by atoms with van der Waals surface area (Å²) in [5.74, 6) is 2.53. The van der Waals surface area contributed by atoms with Crippen LogP contribution in [0.5, 0.6) is 0 Å². The van der Waals surface area contributed by atoms with E-state index in [9.17, 15) is 0 Å². The molecule has 1 aliphatic heterocycles. The molecule has 5 unspecified atom stereocenters. The smallest absolute Gasteiger partial charge is 0.0123 e. The van der Waals surface area contributed by atoms with Gasteiger partial charge in [0.25, 0.3) is 0 Å². The minimum Gasteiger partial charge on any atom is -0.328 e. The Balaban J connectivity index is 1.93. The van der Waals surface area contributed by atoms with Crippen LogP contribution < -0.4 is 5.73 Å². The molecule has 16 heavy (non-hydrogen) atoms. The van der Waals surface area contributed by atoms with Gasteiger partial charge in [-0.15, -0.1) is 0 Å². The second-order valence-corrected chi connectivity index (χ2v) is 6.24. The fourth-order valence-corrected chi connectivity index (χ4v) is 3.61. The Labute approximate surface area is 101 Å². The highest BCUT2D eigenvalue weighted by molar-refractivity contribution is 4.90. The summed E-state index contributed by atoms with van der Waals surface area (Å²) in [6.45, 7) is 9.58. The molecule has 1 saturated carbocycles. The molecule has 2 nitrogen and oxygen atoms in total. The van der Waals surface area contributed by atoms with Gasteiger partial charge in [-0.1, -0.05) is 26.7 Å². The number of rotatable bonds is 2. The number of hydrogen-bond acceptors (Lipinski definition) is 2. The third-order valence-electron chi connectivity index (χ3n) is 5.13. The first-order chi connectivity index (χ1) is 7.59. The topological polar surface area (TPSA) is 29.3 Å². The fourth-order valence-electron chi connectivity index (χ4n) is 3.61. The van der Waals surface area contributed by atoms with E-state index in [1.165, 1.54) is 38.8 Å². The Morgan fingerprint density at radius 2 is 1.94 bits per heavy atom. The number of hydrogen-bond donors (Lipinski definition) is 1. The van der Waals surface area contributed by atoms with Gasteiger partial charge in [0.1, 0.15) is 0 Å². The van der Waals surface area contributed by atoms with Crippen LogP contribution in [0.1, 0.15) is 46.5 Å². The van der Waals surface area contributed by atoms with Gasteiger partial charge in [0.2, 0.25) is 0 Å². The van der Waals surface area contributed by atoms with Crippen molar-refractivity contribution in [1.82, 2.24) is 4.90 Å². The van der Waals surface area contributed by atoms with Crippen molar-refractivity contribution in [3.8, 4) is 0 Å². The molecule has 2 fully saturated rings. The largest absolute Gasteiger partial charge is 0.328 e. The fraction of sp³-hybridized carbons (Fsp3) is 1.00. The molecule has 1 aliphatic carbocycles. The van der Waals surface area contributed by atoms with Gasteiger partial charge in [-0.3, -0.25) is 4.90 Å². The Morgan fingerprint density at radius 1 is 1.19 bits per heavy atom. The van der Waals surface area contributed by atoms with Crippen LogP contribution in [0.2, 0.25) is 0 Å². The highest BCUT2D eigenvalue weighted by Crippen LogP contribution is 2.35. The van der Waals surface area contributed by atoms with Gasteiger partial charge >= 0.3 is 0 Å². The van der Waals surface area contributed by atoms with E-state index in [4.69, 9.17) is 5.73 Å². The van der Waals surface area contributed by atoms with Gasteiger partial charge in [-0.25, -0.2) is 0 Å². The van der Waals surface area contributed by atoms with E-state index in [0.717, 1.165) is 23.8 Å². The maximum absolute atomic E-state index is 6.02. The molecule has 1 heterocycles. The molecule has 1 saturated heterocycles. The van der Waals surface area contributed by atoms with Crippen LogP contribution in [0.15, 0.2) is 0 Å². The highest BCUT2D eigenvalue weighted by Gasteiger charge is 2.35. The predicted octanol–water partition coefficient (Wildman–Crippen LogP) is 2.48. The average molecular weight is 224 g/mol. The molecule has 0 amide bonds. The van der Waals surface area contributed by atoms with Crippen molar-refractivity contribution < 1.29 is 0 Å². The van der Waals surface area contributed by atoms with Crippen molar-refractivity contribution in [1.29, 1.82) is 0 Å². The van der Waals surface area contributed by atoms with Gasteiger partial charge in [-0.05, 0) is 44.1 Å². The van der Waals surface area contributed by atoms with Crippen LogP contribution in [-0.4, -0.2) is 30.1 Å². The van der Waals surface area contributed by atoms with E-state index in [-0.39, 0.29) is 0 Å². The Hall–Kier alpha value is -0.0800. The first-order valence-electron chi connectivity index (χ1n) is 7.09. The zero-order chi connectivity index (χ0) is 11.7. The van der Waals surface area contributed by atoms with E-state index < -0.39 is 0 Å². The zero-order valence-corrected chi connectivity index (χ0v) is 11.2. The number of likely N-dealkylation sites (tertiary alicyclic amines) is 1. The van der Waals surface area contributed by atoms with Crippen LogP contribution in [0.25, 0.3) is 0 Å². The average Bonchev–Trinajstić information content (AvgIpc) is 2.71. The van der Waals surface area contributed by atoms with Gasteiger partial charge in [0.05, 0.1) is 0 Å². The maximum Gasteiger partial charge on any atom is 0.0123 e. The SMILES string of the molecule is CC(N)C1CCN(C2CCCC(C)C2C)C1. The van der Waals surface area contributed by atoms with Crippen LogP contribution in [0, 0.1) is 17.8 Å². The first kappa shape index (κ1) is 12.4. The molecule has 0 aromatic rings. The second-order valence-electron chi connectivity index (χ2n) is 6.24. The van der Waals surface area contributed by atoms with E-state index in [1.54, 1.807) is 0 Å². The predicted molar refractivity (Wildman–Crippen MR) is 69.3 cm³/mol. The molecule has 5 atom stereocenters. The van der Waals surface area contributed by atoms with Crippen molar-refractivity contribution in [3.63, 3.8) is 0 Å². The quantitative estimate of drug-likeness (QED) is 0.781. The third kappa shape index (κ3) is 2.43. The zero-order valence-electron chi connectivity index (χ0n) is 11.2. The lowest BCUT2D eigenvalue weighted by atomic mass is 9.77. The normalized spacial score (nSPS) is 43.5. The Kier molecular flexibility index (Phi) is 3.91. The molecule has 0 radical (unpaired) electrons. The van der Waals surface area contributed by atoms with Gasteiger partial charge in [0.15, 0.2) is 0 Å². The second kappa shape index (κ2) is 5.05. The highest BCUT2D eigenvalue weighted by atomic mass is 15.2. The summed E-state index contributed by atoms with van der Waals surface area (Å²) in [4.78, 5) is 2.73. The van der Waals surface area contributed by atoms with Crippen LogP contribution in [0.3, 0.4) is 0 Å². The molecule has 0 aromatic heterocycles. The van der Waals surface area contributed by atoms with E-state index in [0.29, 0.717) is 6.04 Å². The molecule has 2 heteroatoms. The lowest BCUT2D eigenvalue weighted by molar-refractivity contribution is 0.0974. The Morgan fingerprint density at radius 3 is 2.56 bits per heavy atom. The van der Waals surface area contributed by atoms with Crippen molar-refractivity contribution in [2.75, 3.05) is 13.1 Å². The monoisotopic (exact) mass is 224 g/mol. The summed E-state index contributed by atoms with van der Waals surface area (Å²) in [7, 11) is 0. The molecule has 2 aliphatic rings. The van der Waals surface area contributed by atoms with Crippen LogP contribution in [-0.2, 0) is 0 Å². The molecule has 2 N–H and O–H groups in total. The van der Waals surface area contributed by atoms with Crippen LogP contribution >= 0.6 is 0 Å². The van der Waals surface area contributed by atoms with Gasteiger partial charge < -0.3 is 5.73 Å². The molecule has 2 rings (SSSR count). The minimum absolute atomic E-state index is 0.376. The molecule has 0 aromatic carbocycles. The lowest BCUT2D eigenvalue weighted by Crippen LogP contribution is -2.43. The molecule has 0 bridgehead atoms. The van der Waals surface area contributed by atoms with Crippen LogP contribution in [0.4, 0.5) is 0 Å². The summed E-state index contributed by atoms with van der Waals surface area (Å²) in [6.07, 6.45) is 5.59.